The highest BCUT2D eigenvalue weighted by Gasteiger charge is 2.05. The molecule has 1 aromatic heterocycles. The summed E-state index contributed by atoms with van der Waals surface area (Å²) in [4.78, 5) is 14.4. The first-order valence-corrected chi connectivity index (χ1v) is 4.58. The second kappa shape index (κ2) is 5.21. The number of rotatable bonds is 4. The van der Waals surface area contributed by atoms with E-state index >= 15 is 0 Å². The fourth-order valence-electron chi connectivity index (χ4n) is 1.19. The maximum Gasteiger partial charge on any atom is 0.404 e. The lowest BCUT2D eigenvalue weighted by Crippen LogP contribution is -2.31. The molecule has 2 N–H and O–H groups in total. The Kier molecular flexibility index (Phi) is 3.91. The third-order valence-electron chi connectivity index (χ3n) is 1.93. The minimum atomic E-state index is -0.974. The van der Waals surface area contributed by atoms with Gasteiger partial charge in [-0.25, -0.2) is 4.79 Å². The van der Waals surface area contributed by atoms with Gasteiger partial charge in [0.1, 0.15) is 0 Å². The molecule has 0 aliphatic rings. The number of aromatic nitrogens is 1. The molecule has 76 valence electrons. The topological polar surface area (TPSA) is 62.2 Å². The Morgan fingerprint density at radius 2 is 2.43 bits per heavy atom. The van der Waals surface area contributed by atoms with Crippen molar-refractivity contribution in [2.75, 3.05) is 0 Å². The predicted molar refractivity (Wildman–Crippen MR) is 53.2 cm³/mol. The third-order valence-corrected chi connectivity index (χ3v) is 1.93. The van der Waals surface area contributed by atoms with E-state index in [2.05, 4.69) is 10.3 Å². The van der Waals surface area contributed by atoms with Crippen molar-refractivity contribution in [3.8, 4) is 0 Å². The highest BCUT2D eigenvalue weighted by atomic mass is 16.4. The molecular formula is C10H14N2O2. The zero-order valence-corrected chi connectivity index (χ0v) is 8.10. The van der Waals surface area contributed by atoms with Gasteiger partial charge in [-0.1, -0.05) is 6.07 Å². The molecule has 4 nitrogen and oxygen atoms in total. The lowest BCUT2D eigenvalue weighted by atomic mass is 10.1. The Morgan fingerprint density at radius 1 is 1.64 bits per heavy atom. The van der Waals surface area contributed by atoms with Crippen LogP contribution in [0.4, 0.5) is 4.79 Å². The summed E-state index contributed by atoms with van der Waals surface area (Å²) in [6.07, 6.45) is 2.33. The molecule has 1 atom stereocenters. The van der Waals surface area contributed by atoms with Crippen LogP contribution in [0.25, 0.3) is 0 Å². The lowest BCUT2D eigenvalue weighted by molar-refractivity contribution is 0.190. The average molecular weight is 194 g/mol. The quantitative estimate of drug-likeness (QED) is 0.766. The number of hydrogen-bond acceptors (Lipinski definition) is 2. The van der Waals surface area contributed by atoms with Crippen molar-refractivity contribution in [1.82, 2.24) is 10.3 Å². The summed E-state index contributed by atoms with van der Waals surface area (Å²) in [5.41, 5.74) is 0.992. The van der Waals surface area contributed by atoms with Gasteiger partial charge in [0.2, 0.25) is 0 Å². The molecule has 0 fully saturated rings. The van der Waals surface area contributed by atoms with Crippen LogP contribution >= 0.6 is 0 Å². The van der Waals surface area contributed by atoms with E-state index in [0.717, 1.165) is 18.5 Å². The molecule has 0 saturated heterocycles. The van der Waals surface area contributed by atoms with E-state index in [9.17, 15) is 4.79 Å². The molecule has 1 unspecified atom stereocenters. The van der Waals surface area contributed by atoms with Crippen molar-refractivity contribution in [1.29, 1.82) is 0 Å². The first-order chi connectivity index (χ1) is 6.68. The maximum absolute atomic E-state index is 10.3. The van der Waals surface area contributed by atoms with Crippen LogP contribution < -0.4 is 5.32 Å². The Labute approximate surface area is 83.0 Å². The summed E-state index contributed by atoms with van der Waals surface area (Å²) in [5, 5.41) is 10.9. The number of pyridine rings is 1. The van der Waals surface area contributed by atoms with Crippen molar-refractivity contribution < 1.29 is 9.90 Å². The van der Waals surface area contributed by atoms with Crippen molar-refractivity contribution in [2.24, 2.45) is 0 Å². The number of carboxylic acid groups (broad SMARTS) is 1. The minimum absolute atomic E-state index is 0.0329. The molecule has 1 heterocycles. The number of amides is 1. The van der Waals surface area contributed by atoms with E-state index in [4.69, 9.17) is 5.11 Å². The largest absolute Gasteiger partial charge is 0.465 e. The number of nitrogens with one attached hydrogen (secondary N) is 1. The van der Waals surface area contributed by atoms with Gasteiger partial charge in [0.15, 0.2) is 0 Å². The summed E-state index contributed by atoms with van der Waals surface area (Å²) in [5.74, 6) is 0. The van der Waals surface area contributed by atoms with E-state index in [1.54, 1.807) is 6.20 Å². The molecule has 14 heavy (non-hydrogen) atoms. The zero-order chi connectivity index (χ0) is 10.4. The molecule has 0 aromatic carbocycles. The van der Waals surface area contributed by atoms with Crippen LogP contribution in [0.15, 0.2) is 24.4 Å². The number of nitrogens with zero attached hydrogens (tertiary/aromatic N) is 1. The van der Waals surface area contributed by atoms with Crippen molar-refractivity contribution in [3.63, 3.8) is 0 Å². The number of hydrogen-bond donors (Lipinski definition) is 2. The minimum Gasteiger partial charge on any atom is -0.465 e. The van der Waals surface area contributed by atoms with E-state index in [1.165, 1.54) is 0 Å². The van der Waals surface area contributed by atoms with Crippen LogP contribution in [0.3, 0.4) is 0 Å². The fraction of sp³-hybridized carbons (Fsp3) is 0.400. The van der Waals surface area contributed by atoms with Crippen LogP contribution in [-0.2, 0) is 6.42 Å². The Morgan fingerprint density at radius 3 is 3.00 bits per heavy atom. The van der Waals surface area contributed by atoms with Gasteiger partial charge in [-0.05, 0) is 31.9 Å². The maximum atomic E-state index is 10.3. The lowest BCUT2D eigenvalue weighted by Gasteiger charge is -2.10. The molecule has 0 spiro atoms. The van der Waals surface area contributed by atoms with Gasteiger partial charge in [0.25, 0.3) is 0 Å². The van der Waals surface area contributed by atoms with E-state index < -0.39 is 6.09 Å². The van der Waals surface area contributed by atoms with Gasteiger partial charge >= 0.3 is 6.09 Å². The molecule has 0 aliphatic heterocycles. The highest BCUT2D eigenvalue weighted by Crippen LogP contribution is 2.01. The first kappa shape index (κ1) is 10.5. The molecule has 1 amide bonds. The van der Waals surface area contributed by atoms with Crippen LogP contribution in [-0.4, -0.2) is 22.2 Å². The molecule has 0 aliphatic carbocycles. The standard InChI is InChI=1S/C10H14N2O2/c1-8(12-10(13)14)5-6-9-4-2-3-7-11-9/h2-4,7-8,12H,5-6H2,1H3,(H,13,14). The van der Waals surface area contributed by atoms with Crippen molar-refractivity contribution in [2.45, 2.75) is 25.8 Å². The third kappa shape index (κ3) is 3.89. The molecule has 0 saturated carbocycles. The average Bonchev–Trinajstić information content (AvgIpc) is 2.15. The Bertz CT molecular complexity index is 287. The van der Waals surface area contributed by atoms with Crippen LogP contribution in [0.1, 0.15) is 19.0 Å². The van der Waals surface area contributed by atoms with Gasteiger partial charge in [0, 0.05) is 17.9 Å². The Balaban J connectivity index is 2.30. The summed E-state index contributed by atoms with van der Waals surface area (Å²) in [7, 11) is 0. The van der Waals surface area contributed by atoms with Crippen molar-refractivity contribution in [3.05, 3.63) is 30.1 Å². The Hall–Kier alpha value is -1.58. The van der Waals surface area contributed by atoms with Gasteiger partial charge in [-0.2, -0.15) is 0 Å². The van der Waals surface area contributed by atoms with Crippen LogP contribution in [0, 0.1) is 0 Å². The molecule has 0 radical (unpaired) electrons. The highest BCUT2D eigenvalue weighted by molar-refractivity contribution is 5.64. The normalized spacial score (nSPS) is 12.1. The van der Waals surface area contributed by atoms with E-state index in [1.807, 2.05) is 25.1 Å². The number of carbonyl (C=O) groups is 1. The number of aryl methyl sites for hydroxylation is 1. The second-order valence-electron chi connectivity index (χ2n) is 3.21. The van der Waals surface area contributed by atoms with Gasteiger partial charge in [0.05, 0.1) is 0 Å². The van der Waals surface area contributed by atoms with Crippen molar-refractivity contribution >= 4 is 6.09 Å². The summed E-state index contributed by atoms with van der Waals surface area (Å²) in [6.45, 7) is 1.84. The molecule has 1 rings (SSSR count). The van der Waals surface area contributed by atoms with Gasteiger partial charge < -0.3 is 10.4 Å². The first-order valence-electron chi connectivity index (χ1n) is 4.58. The summed E-state index contributed by atoms with van der Waals surface area (Å²) < 4.78 is 0. The summed E-state index contributed by atoms with van der Waals surface area (Å²) in [6, 6.07) is 5.70. The zero-order valence-electron chi connectivity index (χ0n) is 8.10. The molecule has 0 bridgehead atoms. The monoisotopic (exact) mass is 194 g/mol. The van der Waals surface area contributed by atoms with Crippen LogP contribution in [0.2, 0.25) is 0 Å². The smallest absolute Gasteiger partial charge is 0.404 e. The molecule has 1 aromatic rings. The van der Waals surface area contributed by atoms with E-state index in [-0.39, 0.29) is 6.04 Å². The predicted octanol–water partition coefficient (Wildman–Crippen LogP) is 1.67. The van der Waals surface area contributed by atoms with Crippen LogP contribution in [0.5, 0.6) is 0 Å². The fourth-order valence-corrected chi connectivity index (χ4v) is 1.19. The summed E-state index contributed by atoms with van der Waals surface area (Å²) >= 11 is 0. The van der Waals surface area contributed by atoms with Gasteiger partial charge in [-0.15, -0.1) is 0 Å². The second-order valence-corrected chi connectivity index (χ2v) is 3.21. The van der Waals surface area contributed by atoms with E-state index in [0.29, 0.717) is 0 Å². The SMILES string of the molecule is CC(CCc1ccccn1)NC(=O)O. The molecular weight excluding hydrogens is 180 g/mol. The van der Waals surface area contributed by atoms with Gasteiger partial charge in [-0.3, -0.25) is 4.98 Å². The molecule has 4 heteroatoms.